The van der Waals surface area contributed by atoms with E-state index in [1.807, 2.05) is 0 Å². The number of hydrogen-bond donors (Lipinski definition) is 0. The van der Waals surface area contributed by atoms with Gasteiger partial charge in [-0.25, -0.2) is 0 Å². The van der Waals surface area contributed by atoms with Crippen molar-refractivity contribution in [3.05, 3.63) is 6.42 Å². The van der Waals surface area contributed by atoms with E-state index in [1.165, 1.54) is 19.3 Å². The van der Waals surface area contributed by atoms with E-state index in [9.17, 15) is 0 Å². The van der Waals surface area contributed by atoms with Gasteiger partial charge in [0.25, 0.3) is 0 Å². The maximum absolute atomic E-state index is 6.65. The minimum Gasteiger partial charge on any atom is -0.127 e. The smallest absolute Gasteiger partial charge is 0.0223 e. The second kappa shape index (κ2) is 8.85. The fraction of sp³-hybridized carbons (Fsp3) is 0.778. The molecule has 0 saturated carbocycles. The molecule has 0 atom stereocenters. The third-order valence-corrected chi connectivity index (χ3v) is 1.70. The predicted molar refractivity (Wildman–Crippen MR) is 45.6 cm³/mol. The molecule has 0 aliphatic heterocycles. The average Bonchev–Trinajstić information content (AvgIpc) is 1.97. The third kappa shape index (κ3) is 7.85. The molecule has 0 bridgehead atoms. The molecule has 0 nitrogen and oxygen atoms in total. The van der Waals surface area contributed by atoms with E-state index in [4.69, 9.17) is 18.0 Å². The lowest BCUT2D eigenvalue weighted by molar-refractivity contribution is 0.643. The molecule has 0 saturated heterocycles. The number of hydrogen-bond acceptors (Lipinski definition) is 0. The van der Waals surface area contributed by atoms with E-state index >= 15 is 0 Å². The third-order valence-electron chi connectivity index (χ3n) is 1.44. The number of halogens is 1. The SMILES string of the molecule is [C]#CCCCCCCCCl. The fourth-order valence-electron chi connectivity index (χ4n) is 0.838. The van der Waals surface area contributed by atoms with Crippen molar-refractivity contribution in [1.82, 2.24) is 0 Å². The van der Waals surface area contributed by atoms with Gasteiger partial charge in [-0.2, -0.15) is 0 Å². The lowest BCUT2D eigenvalue weighted by Crippen LogP contribution is -1.78. The maximum atomic E-state index is 6.65. The molecule has 0 heterocycles. The van der Waals surface area contributed by atoms with E-state index in [1.54, 1.807) is 0 Å². The van der Waals surface area contributed by atoms with Crippen LogP contribution < -0.4 is 0 Å². The lowest BCUT2D eigenvalue weighted by atomic mass is 10.1. The van der Waals surface area contributed by atoms with E-state index in [2.05, 4.69) is 5.92 Å². The summed E-state index contributed by atoms with van der Waals surface area (Å²) >= 11 is 5.50. The van der Waals surface area contributed by atoms with Crippen molar-refractivity contribution in [3.8, 4) is 5.92 Å². The van der Waals surface area contributed by atoms with E-state index < -0.39 is 0 Å². The first-order valence-corrected chi connectivity index (χ1v) is 4.41. The van der Waals surface area contributed by atoms with Crippen molar-refractivity contribution in [1.29, 1.82) is 0 Å². The summed E-state index contributed by atoms with van der Waals surface area (Å²) in [6.45, 7) is 0. The molecule has 0 fully saturated rings. The summed E-state index contributed by atoms with van der Waals surface area (Å²) in [7, 11) is 0. The highest BCUT2D eigenvalue weighted by Crippen LogP contribution is 2.04. The second-order valence-electron chi connectivity index (χ2n) is 2.38. The Hall–Kier alpha value is -0.150. The van der Waals surface area contributed by atoms with Crippen molar-refractivity contribution < 1.29 is 0 Å². The Morgan fingerprint density at radius 3 is 2.20 bits per heavy atom. The molecule has 0 aromatic heterocycles. The highest BCUT2D eigenvalue weighted by Gasteiger charge is 1.87. The second-order valence-corrected chi connectivity index (χ2v) is 2.76. The zero-order valence-corrected chi connectivity index (χ0v) is 7.08. The monoisotopic (exact) mass is 157 g/mol. The van der Waals surface area contributed by atoms with Crippen molar-refractivity contribution in [2.45, 2.75) is 38.5 Å². The first kappa shape index (κ1) is 9.85. The summed E-state index contributed by atoms with van der Waals surface area (Å²) in [6.07, 6.45) is 13.4. The van der Waals surface area contributed by atoms with Gasteiger partial charge in [0.2, 0.25) is 0 Å². The van der Waals surface area contributed by atoms with Crippen LogP contribution in [0.4, 0.5) is 0 Å². The largest absolute Gasteiger partial charge is 0.127 e. The molecule has 0 aromatic carbocycles. The summed E-state index contributed by atoms with van der Waals surface area (Å²) in [5, 5.41) is 0. The fourth-order valence-corrected chi connectivity index (χ4v) is 1.03. The Balaban J connectivity index is 2.72. The van der Waals surface area contributed by atoms with Gasteiger partial charge in [-0.3, -0.25) is 0 Å². The van der Waals surface area contributed by atoms with Gasteiger partial charge in [-0.15, -0.1) is 11.6 Å². The Morgan fingerprint density at radius 1 is 1.00 bits per heavy atom. The van der Waals surface area contributed by atoms with Crippen LogP contribution in [0.25, 0.3) is 0 Å². The van der Waals surface area contributed by atoms with Gasteiger partial charge < -0.3 is 0 Å². The molecular weight excluding hydrogens is 144 g/mol. The molecule has 0 aromatic rings. The van der Waals surface area contributed by atoms with Crippen LogP contribution in [0.3, 0.4) is 0 Å². The quantitative estimate of drug-likeness (QED) is 0.316. The molecule has 1 radical (unpaired) electrons. The highest BCUT2D eigenvalue weighted by molar-refractivity contribution is 6.17. The van der Waals surface area contributed by atoms with Gasteiger partial charge in [-0.05, 0) is 19.3 Å². The molecule has 10 heavy (non-hydrogen) atoms. The van der Waals surface area contributed by atoms with Gasteiger partial charge in [0.1, 0.15) is 0 Å². The Kier molecular flexibility index (Phi) is 8.72. The Morgan fingerprint density at radius 2 is 1.60 bits per heavy atom. The van der Waals surface area contributed by atoms with Crippen LogP contribution in [-0.4, -0.2) is 5.88 Å². The molecule has 0 amide bonds. The van der Waals surface area contributed by atoms with Crippen LogP contribution in [0.5, 0.6) is 0 Å². The van der Waals surface area contributed by atoms with Gasteiger partial charge in [0.05, 0.1) is 0 Å². The molecule has 57 valence electrons. The predicted octanol–water partition coefficient (Wildman–Crippen LogP) is 3.16. The van der Waals surface area contributed by atoms with E-state index in [0.29, 0.717) is 0 Å². The lowest BCUT2D eigenvalue weighted by Gasteiger charge is -1.95. The van der Waals surface area contributed by atoms with Gasteiger partial charge in [0, 0.05) is 12.3 Å². The van der Waals surface area contributed by atoms with E-state index in [0.717, 1.165) is 25.1 Å². The van der Waals surface area contributed by atoms with Crippen molar-refractivity contribution >= 4 is 11.6 Å². The molecular formula is C9H14Cl. The Labute approximate surface area is 69.0 Å². The summed E-state index contributed by atoms with van der Waals surface area (Å²) in [6, 6.07) is 0. The molecule has 0 spiro atoms. The summed E-state index contributed by atoms with van der Waals surface area (Å²) in [5.41, 5.74) is 0. The Bertz CT molecular complexity index is 91.4. The molecule has 0 N–H and O–H groups in total. The van der Waals surface area contributed by atoms with Crippen molar-refractivity contribution in [2.24, 2.45) is 0 Å². The molecule has 0 aliphatic rings. The summed E-state index contributed by atoms with van der Waals surface area (Å²) in [5.74, 6) is 3.17. The number of rotatable bonds is 6. The van der Waals surface area contributed by atoms with Crippen LogP contribution in [0.2, 0.25) is 0 Å². The number of unbranched alkanes of at least 4 members (excludes halogenated alkanes) is 5. The van der Waals surface area contributed by atoms with Gasteiger partial charge >= 0.3 is 0 Å². The minimum atomic E-state index is 0.788. The summed E-state index contributed by atoms with van der Waals surface area (Å²) < 4.78 is 0. The first-order valence-electron chi connectivity index (χ1n) is 3.87. The highest BCUT2D eigenvalue weighted by atomic mass is 35.5. The van der Waals surface area contributed by atoms with Crippen LogP contribution in [0, 0.1) is 12.3 Å². The molecule has 0 rings (SSSR count). The van der Waals surface area contributed by atoms with Gasteiger partial charge in [-0.1, -0.05) is 25.2 Å². The van der Waals surface area contributed by atoms with Crippen LogP contribution in [0.15, 0.2) is 0 Å². The van der Waals surface area contributed by atoms with Crippen LogP contribution in [0.1, 0.15) is 38.5 Å². The van der Waals surface area contributed by atoms with Crippen molar-refractivity contribution in [2.75, 3.05) is 5.88 Å². The molecule has 1 heteroatoms. The zero-order valence-electron chi connectivity index (χ0n) is 6.33. The number of alkyl halides is 1. The average molecular weight is 158 g/mol. The van der Waals surface area contributed by atoms with Gasteiger partial charge in [0.15, 0.2) is 0 Å². The molecule has 0 unspecified atom stereocenters. The summed E-state index contributed by atoms with van der Waals surface area (Å²) in [4.78, 5) is 0. The normalized spacial score (nSPS) is 9.20. The molecule has 0 aliphatic carbocycles. The maximum Gasteiger partial charge on any atom is 0.0223 e. The topological polar surface area (TPSA) is 0 Å². The minimum absolute atomic E-state index is 0.788. The standard InChI is InChI=1S/C9H14Cl/c1-2-3-4-5-6-7-8-9-10/h3-9H2. The first-order chi connectivity index (χ1) is 4.91. The van der Waals surface area contributed by atoms with Crippen LogP contribution >= 0.6 is 11.6 Å². The van der Waals surface area contributed by atoms with E-state index in [-0.39, 0.29) is 0 Å². The van der Waals surface area contributed by atoms with Crippen molar-refractivity contribution in [3.63, 3.8) is 0 Å². The zero-order chi connectivity index (χ0) is 7.66. The van der Waals surface area contributed by atoms with Crippen LogP contribution in [-0.2, 0) is 0 Å².